The molecule has 0 unspecified atom stereocenters. The largest absolute Gasteiger partial charge is 0.493 e. The van der Waals surface area contributed by atoms with Gasteiger partial charge in [0, 0.05) is 18.5 Å². The fraction of sp³-hybridized carbons (Fsp3) is 0.316. The van der Waals surface area contributed by atoms with Crippen molar-refractivity contribution in [2.75, 3.05) is 24.7 Å². The monoisotopic (exact) mass is 412 g/mol. The zero-order valence-corrected chi connectivity index (χ0v) is 17.0. The van der Waals surface area contributed by atoms with Gasteiger partial charge in [0.2, 0.25) is 5.91 Å². The molecule has 2 aromatic rings. The average Bonchev–Trinajstić information content (AvgIpc) is 2.60. The van der Waals surface area contributed by atoms with Gasteiger partial charge in [-0.1, -0.05) is 25.1 Å². The first-order valence-corrected chi connectivity index (χ1v) is 10.3. The first-order chi connectivity index (χ1) is 12.4. The molecule has 27 heavy (non-hydrogen) atoms. The van der Waals surface area contributed by atoms with E-state index in [1.807, 2.05) is 31.2 Å². The number of para-hydroxylation sites is 1. The summed E-state index contributed by atoms with van der Waals surface area (Å²) in [6.45, 7) is 3.78. The molecule has 0 aliphatic rings. The predicted molar refractivity (Wildman–Crippen MR) is 109 cm³/mol. The van der Waals surface area contributed by atoms with Gasteiger partial charge in [0.05, 0.1) is 17.9 Å². The number of benzene rings is 2. The maximum atomic E-state index is 12.1. The fourth-order valence-corrected chi connectivity index (χ4v) is 2.94. The Kier molecular flexibility index (Phi) is 9.28. The molecule has 0 spiro atoms. The van der Waals surface area contributed by atoms with Crippen LogP contribution < -0.4 is 15.4 Å². The van der Waals surface area contributed by atoms with E-state index in [0.717, 1.165) is 24.1 Å². The Morgan fingerprint density at radius 1 is 1.07 bits per heavy atom. The molecular weight excluding hydrogens is 388 g/mol. The maximum Gasteiger partial charge on any atom is 0.227 e. The minimum atomic E-state index is -3.22. The quantitative estimate of drug-likeness (QED) is 0.661. The smallest absolute Gasteiger partial charge is 0.227 e. The number of anilines is 1. The van der Waals surface area contributed by atoms with E-state index >= 15 is 0 Å². The summed E-state index contributed by atoms with van der Waals surface area (Å²) < 4.78 is 28.3. The lowest BCUT2D eigenvalue weighted by atomic mass is 10.1. The molecule has 0 atom stereocenters. The van der Waals surface area contributed by atoms with Crippen molar-refractivity contribution < 1.29 is 17.9 Å². The van der Waals surface area contributed by atoms with E-state index in [-0.39, 0.29) is 36.2 Å². The lowest BCUT2D eigenvalue weighted by molar-refractivity contribution is -0.116. The summed E-state index contributed by atoms with van der Waals surface area (Å²) in [4.78, 5) is 12.4. The van der Waals surface area contributed by atoms with Crippen molar-refractivity contribution >= 4 is 33.8 Å². The number of nitrogens with one attached hydrogen (secondary N) is 2. The first kappa shape index (κ1) is 23.0. The van der Waals surface area contributed by atoms with Gasteiger partial charge >= 0.3 is 0 Å². The van der Waals surface area contributed by atoms with Crippen LogP contribution in [0.25, 0.3) is 0 Å². The van der Waals surface area contributed by atoms with Crippen LogP contribution in [0.1, 0.15) is 18.9 Å². The third-order valence-corrected chi connectivity index (χ3v) is 4.84. The van der Waals surface area contributed by atoms with Crippen molar-refractivity contribution in [3.63, 3.8) is 0 Å². The van der Waals surface area contributed by atoms with E-state index in [1.165, 1.54) is 12.1 Å². The van der Waals surface area contributed by atoms with E-state index in [4.69, 9.17) is 4.74 Å². The van der Waals surface area contributed by atoms with Crippen molar-refractivity contribution in [2.24, 2.45) is 0 Å². The van der Waals surface area contributed by atoms with E-state index in [9.17, 15) is 13.2 Å². The summed E-state index contributed by atoms with van der Waals surface area (Å²) in [7, 11) is -3.22. The van der Waals surface area contributed by atoms with Crippen molar-refractivity contribution in [1.82, 2.24) is 5.32 Å². The number of rotatable bonds is 9. The molecule has 2 aromatic carbocycles. The summed E-state index contributed by atoms with van der Waals surface area (Å²) in [6, 6.07) is 13.8. The van der Waals surface area contributed by atoms with Gasteiger partial charge in [0.1, 0.15) is 5.75 Å². The highest BCUT2D eigenvalue weighted by atomic mass is 35.5. The van der Waals surface area contributed by atoms with Gasteiger partial charge in [-0.2, -0.15) is 0 Å². The molecule has 0 bridgehead atoms. The third kappa shape index (κ3) is 7.58. The topological polar surface area (TPSA) is 84.5 Å². The van der Waals surface area contributed by atoms with Crippen LogP contribution in [-0.2, 0) is 21.2 Å². The van der Waals surface area contributed by atoms with E-state index in [2.05, 4.69) is 10.6 Å². The molecule has 0 saturated carbocycles. The van der Waals surface area contributed by atoms with Gasteiger partial charge in [-0.25, -0.2) is 8.42 Å². The molecular formula is C19H25ClN2O4S. The van der Waals surface area contributed by atoms with Crippen LogP contribution in [-0.4, -0.2) is 33.7 Å². The maximum absolute atomic E-state index is 12.1. The van der Waals surface area contributed by atoms with Crippen LogP contribution in [0, 0.1) is 0 Å². The number of hydrogen-bond acceptors (Lipinski definition) is 5. The molecule has 0 heterocycles. The second-order valence-electron chi connectivity index (χ2n) is 5.83. The molecule has 1 amide bonds. The summed E-state index contributed by atoms with van der Waals surface area (Å²) in [6.07, 6.45) is 1.35. The average molecular weight is 413 g/mol. The summed E-state index contributed by atoms with van der Waals surface area (Å²) in [5.41, 5.74) is 1.82. The second kappa shape index (κ2) is 10.9. The number of carbonyl (C=O) groups excluding carboxylic acids is 1. The molecule has 0 aromatic heterocycles. The molecule has 0 saturated heterocycles. The van der Waals surface area contributed by atoms with Crippen LogP contribution >= 0.6 is 12.4 Å². The van der Waals surface area contributed by atoms with Crippen LogP contribution in [0.5, 0.6) is 5.75 Å². The van der Waals surface area contributed by atoms with Crippen molar-refractivity contribution in [3.05, 3.63) is 54.1 Å². The van der Waals surface area contributed by atoms with Gasteiger partial charge in [-0.05, 0) is 42.4 Å². The number of sulfone groups is 1. The van der Waals surface area contributed by atoms with E-state index in [1.54, 1.807) is 12.1 Å². The molecule has 8 heteroatoms. The number of ether oxygens (including phenoxy) is 1. The highest BCUT2D eigenvalue weighted by Crippen LogP contribution is 2.17. The van der Waals surface area contributed by atoms with Crippen molar-refractivity contribution in [1.29, 1.82) is 0 Å². The number of amides is 1. The lowest BCUT2D eigenvalue weighted by Gasteiger charge is -2.12. The SMILES string of the molecule is CCNCc1ccccc1NC(=O)CCOc1ccc(S(C)(=O)=O)cc1.Cl. The second-order valence-corrected chi connectivity index (χ2v) is 7.84. The molecule has 0 fully saturated rings. The Balaban J connectivity index is 0.00000364. The zero-order chi connectivity index (χ0) is 19.0. The Morgan fingerprint density at radius 2 is 1.74 bits per heavy atom. The lowest BCUT2D eigenvalue weighted by Crippen LogP contribution is -2.18. The van der Waals surface area contributed by atoms with Gasteiger partial charge in [-0.3, -0.25) is 4.79 Å². The molecule has 148 valence electrons. The van der Waals surface area contributed by atoms with Gasteiger partial charge in [0.15, 0.2) is 9.84 Å². The Labute approximate surface area is 166 Å². The highest BCUT2D eigenvalue weighted by molar-refractivity contribution is 7.90. The Bertz CT molecular complexity index is 839. The van der Waals surface area contributed by atoms with Crippen LogP contribution in [0.3, 0.4) is 0 Å². The number of carbonyl (C=O) groups is 1. The zero-order valence-electron chi connectivity index (χ0n) is 15.4. The molecule has 0 radical (unpaired) electrons. The molecule has 6 nitrogen and oxygen atoms in total. The van der Waals surface area contributed by atoms with Crippen molar-refractivity contribution in [3.8, 4) is 5.75 Å². The van der Waals surface area contributed by atoms with Crippen LogP contribution in [0.4, 0.5) is 5.69 Å². The van der Waals surface area contributed by atoms with Crippen LogP contribution in [0.15, 0.2) is 53.4 Å². The third-order valence-electron chi connectivity index (χ3n) is 3.71. The van der Waals surface area contributed by atoms with Crippen molar-refractivity contribution in [2.45, 2.75) is 24.8 Å². The molecule has 2 rings (SSSR count). The van der Waals surface area contributed by atoms with E-state index in [0.29, 0.717) is 12.3 Å². The summed E-state index contributed by atoms with van der Waals surface area (Å²) in [5.74, 6) is 0.388. The summed E-state index contributed by atoms with van der Waals surface area (Å²) >= 11 is 0. The minimum absolute atomic E-state index is 0. The molecule has 0 aliphatic carbocycles. The fourth-order valence-electron chi connectivity index (χ4n) is 2.31. The normalized spacial score (nSPS) is 10.7. The number of halogens is 1. The minimum Gasteiger partial charge on any atom is -0.493 e. The molecule has 0 aliphatic heterocycles. The van der Waals surface area contributed by atoms with E-state index < -0.39 is 9.84 Å². The predicted octanol–water partition coefficient (Wildman–Crippen LogP) is 3.03. The number of hydrogen-bond donors (Lipinski definition) is 2. The van der Waals surface area contributed by atoms with Crippen LogP contribution in [0.2, 0.25) is 0 Å². The first-order valence-electron chi connectivity index (χ1n) is 8.41. The standard InChI is InChI=1S/C19H24N2O4S.ClH/c1-3-20-14-15-6-4-5-7-18(15)21-19(22)12-13-25-16-8-10-17(11-9-16)26(2,23)24;/h4-11,20H,3,12-14H2,1-2H3,(H,21,22);1H. The van der Waals surface area contributed by atoms with Gasteiger partial charge in [0.25, 0.3) is 0 Å². The van der Waals surface area contributed by atoms with Gasteiger partial charge in [-0.15, -0.1) is 12.4 Å². The Morgan fingerprint density at radius 3 is 2.37 bits per heavy atom. The van der Waals surface area contributed by atoms with Gasteiger partial charge < -0.3 is 15.4 Å². The summed E-state index contributed by atoms with van der Waals surface area (Å²) in [5, 5.41) is 6.14. The highest BCUT2D eigenvalue weighted by Gasteiger charge is 2.08. The molecule has 2 N–H and O–H groups in total. The Hall–Kier alpha value is -2.09.